The Labute approximate surface area is 219 Å². The molecule has 0 aliphatic heterocycles. The van der Waals surface area contributed by atoms with Crippen molar-refractivity contribution < 1.29 is 18.3 Å². The molecule has 34 heavy (non-hydrogen) atoms. The lowest BCUT2D eigenvalue weighted by molar-refractivity contribution is -0.135. The lowest BCUT2D eigenvalue weighted by Crippen LogP contribution is -2.41. The Morgan fingerprint density at radius 1 is 1.29 bits per heavy atom. The van der Waals surface area contributed by atoms with Gasteiger partial charge in [-0.2, -0.15) is 0 Å². The number of anilines is 2. The number of aromatic nitrogens is 3. The van der Waals surface area contributed by atoms with Gasteiger partial charge in [-0.25, -0.2) is 8.42 Å². The van der Waals surface area contributed by atoms with E-state index in [1.54, 1.807) is 37.4 Å². The fraction of sp³-hybridized carbons (Fsp3) is 0.190. The molecule has 0 bridgehead atoms. The topological polar surface area (TPSA) is 117 Å². The fourth-order valence-electron chi connectivity index (χ4n) is 3.60. The van der Waals surface area contributed by atoms with Crippen molar-refractivity contribution in [1.29, 1.82) is 0 Å². The Bertz CT molecular complexity index is 1440. The first-order valence-corrected chi connectivity index (χ1v) is 13.2. The van der Waals surface area contributed by atoms with Gasteiger partial charge in [-0.1, -0.05) is 23.2 Å². The van der Waals surface area contributed by atoms with Gasteiger partial charge in [0.1, 0.15) is 17.6 Å². The van der Waals surface area contributed by atoms with E-state index >= 15 is 0 Å². The van der Waals surface area contributed by atoms with Gasteiger partial charge in [0.05, 0.1) is 11.2 Å². The summed E-state index contributed by atoms with van der Waals surface area (Å²) in [6, 6.07) is 8.53. The summed E-state index contributed by atoms with van der Waals surface area (Å²) in [6.45, 7) is -0.745. The Morgan fingerprint density at radius 3 is 2.68 bits per heavy atom. The number of carbonyl (C=O) groups is 1. The maximum atomic E-state index is 13.5. The van der Waals surface area contributed by atoms with Gasteiger partial charge in [0.2, 0.25) is 10.0 Å². The van der Waals surface area contributed by atoms with Crippen molar-refractivity contribution >= 4 is 84.2 Å². The van der Waals surface area contributed by atoms with Crippen molar-refractivity contribution in [2.24, 2.45) is 0 Å². The molecule has 1 unspecified atom stereocenters. The molecule has 2 heterocycles. The molecule has 178 valence electrons. The lowest BCUT2D eigenvalue weighted by atomic mass is 10.2. The number of carboxylic acid groups (broad SMARTS) is 1. The average molecular weight is 634 g/mol. The summed E-state index contributed by atoms with van der Waals surface area (Å²) in [7, 11) is -2.40. The molecule has 4 rings (SSSR count). The Balaban J connectivity index is 1.78. The molecular formula is C21H18Cl2IN5O4S. The highest BCUT2D eigenvalue weighted by atomic mass is 127. The number of benzene rings is 1. The van der Waals surface area contributed by atoms with E-state index in [0.717, 1.165) is 18.8 Å². The van der Waals surface area contributed by atoms with E-state index in [1.807, 2.05) is 10.8 Å². The van der Waals surface area contributed by atoms with E-state index in [0.29, 0.717) is 11.6 Å². The Kier molecular flexibility index (Phi) is 7.08. The zero-order chi connectivity index (χ0) is 24.6. The second kappa shape index (κ2) is 9.72. The van der Waals surface area contributed by atoms with Crippen LogP contribution < -0.4 is 9.62 Å². The van der Waals surface area contributed by atoms with Crippen LogP contribution in [0.25, 0.3) is 16.7 Å². The van der Waals surface area contributed by atoms with Crippen molar-refractivity contribution in [3.8, 4) is 5.82 Å². The molecular weight excluding hydrogens is 616 g/mol. The fourth-order valence-corrected chi connectivity index (χ4v) is 6.83. The SMILES string of the molecule is CNc1ccc(-n2cc(I)c3cc(N(CC(=O)O)S(=O)(=O)C4C=C(Cl)C=C(Cl)C4)ccc32)nn1. The minimum atomic E-state index is -4.14. The number of hydrogen-bond donors (Lipinski definition) is 2. The second-order valence-corrected chi connectivity index (χ2v) is 11.6. The van der Waals surface area contributed by atoms with Crippen LogP contribution in [-0.4, -0.2) is 53.1 Å². The van der Waals surface area contributed by atoms with Gasteiger partial charge in [0.15, 0.2) is 5.82 Å². The summed E-state index contributed by atoms with van der Waals surface area (Å²) >= 11 is 14.2. The van der Waals surface area contributed by atoms with E-state index < -0.39 is 27.8 Å². The molecule has 0 saturated heterocycles. The highest BCUT2D eigenvalue weighted by molar-refractivity contribution is 14.1. The van der Waals surface area contributed by atoms with E-state index in [2.05, 4.69) is 38.1 Å². The van der Waals surface area contributed by atoms with Gasteiger partial charge in [-0.05, 0) is 65.1 Å². The van der Waals surface area contributed by atoms with Crippen molar-refractivity contribution in [1.82, 2.24) is 14.8 Å². The molecule has 1 atom stereocenters. The summed E-state index contributed by atoms with van der Waals surface area (Å²) in [5, 5.41) is 20.8. The third-order valence-corrected chi connectivity index (χ3v) is 8.57. The van der Waals surface area contributed by atoms with Crippen LogP contribution in [0.2, 0.25) is 0 Å². The van der Waals surface area contributed by atoms with Crippen LogP contribution in [0.1, 0.15) is 6.42 Å². The molecule has 13 heteroatoms. The molecule has 2 aromatic heterocycles. The van der Waals surface area contributed by atoms with Crippen LogP contribution in [0.15, 0.2) is 58.7 Å². The largest absolute Gasteiger partial charge is 0.480 e. The average Bonchev–Trinajstić information content (AvgIpc) is 3.12. The molecule has 9 nitrogen and oxygen atoms in total. The molecule has 3 aromatic rings. The van der Waals surface area contributed by atoms with Crippen LogP contribution in [0.5, 0.6) is 0 Å². The number of sulfonamides is 1. The van der Waals surface area contributed by atoms with Gasteiger partial charge in [0, 0.05) is 38.7 Å². The molecule has 0 fully saturated rings. The van der Waals surface area contributed by atoms with Crippen molar-refractivity contribution in [3.05, 3.63) is 62.3 Å². The van der Waals surface area contributed by atoms with Crippen LogP contribution in [0.3, 0.4) is 0 Å². The summed E-state index contributed by atoms with van der Waals surface area (Å²) in [4.78, 5) is 11.6. The Morgan fingerprint density at radius 2 is 2.06 bits per heavy atom. The van der Waals surface area contributed by atoms with Gasteiger partial charge < -0.3 is 10.4 Å². The molecule has 2 N–H and O–H groups in total. The van der Waals surface area contributed by atoms with Crippen molar-refractivity contribution in [3.63, 3.8) is 0 Å². The maximum Gasteiger partial charge on any atom is 0.324 e. The maximum absolute atomic E-state index is 13.5. The first-order valence-electron chi connectivity index (χ1n) is 9.89. The van der Waals surface area contributed by atoms with Crippen molar-refractivity contribution in [2.45, 2.75) is 11.7 Å². The van der Waals surface area contributed by atoms with E-state index in [9.17, 15) is 18.3 Å². The van der Waals surface area contributed by atoms with Crippen LogP contribution >= 0.6 is 45.8 Å². The number of aliphatic carboxylic acids is 1. The first kappa shape index (κ1) is 24.8. The van der Waals surface area contributed by atoms with E-state index in [4.69, 9.17) is 23.2 Å². The van der Waals surface area contributed by atoms with Gasteiger partial charge >= 0.3 is 5.97 Å². The Hall–Kier alpha value is -2.35. The molecule has 0 saturated carbocycles. The number of nitrogens with zero attached hydrogens (tertiary/aromatic N) is 4. The monoisotopic (exact) mass is 633 g/mol. The molecule has 1 aromatic carbocycles. The molecule has 0 radical (unpaired) electrons. The second-order valence-electron chi connectivity index (χ2n) is 7.41. The zero-order valence-electron chi connectivity index (χ0n) is 17.6. The molecule has 0 amide bonds. The summed E-state index contributed by atoms with van der Waals surface area (Å²) in [5.41, 5.74) is 0.983. The number of fused-ring (bicyclic) bond motifs is 1. The first-order chi connectivity index (χ1) is 16.1. The number of carboxylic acids is 1. The third-order valence-electron chi connectivity index (χ3n) is 5.19. The number of hydrogen-bond acceptors (Lipinski definition) is 6. The number of halogens is 3. The standard InChI is InChI=1S/C21H18Cl2IN5O4S/c1-25-19-4-5-20(27-26-19)28-10-17(24)16-9-14(2-3-18(16)28)29(11-21(30)31)34(32,33)15-7-12(22)6-13(23)8-15/h2-7,9-10,15H,8,11H2,1H3,(H,25,26)(H,30,31). The number of nitrogens with one attached hydrogen (secondary N) is 1. The van der Waals surface area contributed by atoms with Gasteiger partial charge in [-0.3, -0.25) is 13.7 Å². The van der Waals surface area contributed by atoms with Gasteiger partial charge in [-0.15, -0.1) is 10.2 Å². The van der Waals surface area contributed by atoms with Gasteiger partial charge in [0.25, 0.3) is 0 Å². The van der Waals surface area contributed by atoms with Crippen LogP contribution in [0.4, 0.5) is 11.5 Å². The zero-order valence-corrected chi connectivity index (χ0v) is 22.1. The predicted molar refractivity (Wildman–Crippen MR) is 141 cm³/mol. The quantitative estimate of drug-likeness (QED) is 0.373. The van der Waals surface area contributed by atoms with E-state index in [1.165, 1.54) is 12.2 Å². The van der Waals surface area contributed by atoms with E-state index in [-0.39, 0.29) is 22.2 Å². The van der Waals surface area contributed by atoms with Crippen LogP contribution in [-0.2, 0) is 14.8 Å². The van der Waals surface area contributed by atoms with Crippen LogP contribution in [0, 0.1) is 3.57 Å². The minimum absolute atomic E-state index is 0.00760. The minimum Gasteiger partial charge on any atom is -0.480 e. The number of allylic oxidation sites excluding steroid dienone is 3. The summed E-state index contributed by atoms with van der Waals surface area (Å²) < 4.78 is 30.5. The van der Waals surface area contributed by atoms with Crippen molar-refractivity contribution in [2.75, 3.05) is 23.2 Å². The highest BCUT2D eigenvalue weighted by Gasteiger charge is 2.34. The number of rotatable bonds is 7. The summed E-state index contributed by atoms with van der Waals surface area (Å²) in [6.07, 6.45) is 4.69. The smallest absolute Gasteiger partial charge is 0.324 e. The summed E-state index contributed by atoms with van der Waals surface area (Å²) in [5.74, 6) is -0.0833. The molecule has 0 spiro atoms. The lowest BCUT2D eigenvalue weighted by Gasteiger charge is -2.28. The predicted octanol–water partition coefficient (Wildman–Crippen LogP) is 4.31. The molecule has 1 aliphatic carbocycles. The normalized spacial score (nSPS) is 16.2. The molecule has 1 aliphatic rings. The highest BCUT2D eigenvalue weighted by Crippen LogP contribution is 2.34. The third kappa shape index (κ3) is 4.88.